The predicted molar refractivity (Wildman–Crippen MR) is 77.9 cm³/mol. The number of hydrogen-bond acceptors (Lipinski definition) is 2. The summed E-state index contributed by atoms with van der Waals surface area (Å²) < 4.78 is 0.922. The first kappa shape index (κ1) is 13.0. The van der Waals surface area contributed by atoms with Gasteiger partial charge in [-0.1, -0.05) is 25.3 Å². The van der Waals surface area contributed by atoms with E-state index in [4.69, 9.17) is 11.1 Å². The van der Waals surface area contributed by atoms with Crippen molar-refractivity contribution >= 4 is 33.5 Å². The van der Waals surface area contributed by atoms with Crippen LogP contribution in [-0.4, -0.2) is 11.1 Å². The molecule has 1 aliphatic carbocycles. The minimum absolute atomic E-state index is 0.149. The summed E-state index contributed by atoms with van der Waals surface area (Å²) in [4.78, 5) is 1.14. The number of thioether (sulfide) groups is 1. The summed E-state index contributed by atoms with van der Waals surface area (Å²) in [6, 6.07) is 6.03. The lowest BCUT2D eigenvalue weighted by Gasteiger charge is -2.22. The Morgan fingerprint density at radius 1 is 1.29 bits per heavy atom. The highest BCUT2D eigenvalue weighted by molar-refractivity contribution is 9.10. The van der Waals surface area contributed by atoms with Gasteiger partial charge in [0.05, 0.1) is 0 Å². The van der Waals surface area contributed by atoms with Crippen molar-refractivity contribution in [3.05, 3.63) is 28.2 Å². The standard InChI is InChI=1S/C13H17BrN2S/c14-10-7-4-8-11(12(10)13(15)16)17-9-5-2-1-3-6-9/h4,7-9H,1-3,5-6H2,(H3,15,16). The zero-order chi connectivity index (χ0) is 12.3. The molecular formula is C13H17BrN2S. The van der Waals surface area contributed by atoms with E-state index in [2.05, 4.69) is 22.0 Å². The molecule has 1 aromatic rings. The first-order valence-electron chi connectivity index (χ1n) is 5.98. The van der Waals surface area contributed by atoms with E-state index < -0.39 is 0 Å². The molecule has 3 N–H and O–H groups in total. The Kier molecular flexibility index (Phi) is 4.51. The Bertz CT molecular complexity index is 414. The molecule has 92 valence electrons. The average molecular weight is 313 g/mol. The van der Waals surface area contributed by atoms with Crippen LogP contribution in [0.1, 0.15) is 37.7 Å². The van der Waals surface area contributed by atoms with Crippen molar-refractivity contribution in [3.8, 4) is 0 Å². The number of hydrogen-bond donors (Lipinski definition) is 2. The van der Waals surface area contributed by atoms with Gasteiger partial charge in [-0.25, -0.2) is 0 Å². The first-order chi connectivity index (χ1) is 8.18. The van der Waals surface area contributed by atoms with Crippen molar-refractivity contribution in [2.75, 3.05) is 0 Å². The van der Waals surface area contributed by atoms with Crippen LogP contribution in [0.5, 0.6) is 0 Å². The zero-order valence-electron chi connectivity index (χ0n) is 9.71. The Labute approximate surface area is 115 Å². The highest BCUT2D eigenvalue weighted by atomic mass is 79.9. The lowest BCUT2D eigenvalue weighted by molar-refractivity contribution is 0.516. The third kappa shape index (κ3) is 3.26. The molecule has 1 saturated carbocycles. The summed E-state index contributed by atoms with van der Waals surface area (Å²) in [5.41, 5.74) is 6.51. The number of benzene rings is 1. The lowest BCUT2D eigenvalue weighted by atomic mass is 10.0. The molecule has 0 unspecified atom stereocenters. The highest BCUT2D eigenvalue weighted by Gasteiger charge is 2.18. The van der Waals surface area contributed by atoms with Gasteiger partial charge in [-0.05, 0) is 40.9 Å². The molecule has 0 atom stereocenters. The van der Waals surface area contributed by atoms with Crippen LogP contribution >= 0.6 is 27.7 Å². The maximum Gasteiger partial charge on any atom is 0.125 e. The molecule has 4 heteroatoms. The van der Waals surface area contributed by atoms with Crippen LogP contribution < -0.4 is 5.73 Å². The summed E-state index contributed by atoms with van der Waals surface area (Å²) in [5.74, 6) is 0.149. The summed E-state index contributed by atoms with van der Waals surface area (Å²) in [6.07, 6.45) is 6.61. The van der Waals surface area contributed by atoms with Crippen LogP contribution in [0.15, 0.2) is 27.6 Å². The van der Waals surface area contributed by atoms with Gasteiger partial charge >= 0.3 is 0 Å². The van der Waals surface area contributed by atoms with Gasteiger partial charge in [-0.15, -0.1) is 11.8 Å². The molecule has 17 heavy (non-hydrogen) atoms. The smallest absolute Gasteiger partial charge is 0.125 e. The molecule has 1 fully saturated rings. The van der Waals surface area contributed by atoms with Crippen LogP contribution in [0, 0.1) is 5.41 Å². The Morgan fingerprint density at radius 3 is 2.65 bits per heavy atom. The topological polar surface area (TPSA) is 49.9 Å². The van der Waals surface area contributed by atoms with Crippen LogP contribution in [0.2, 0.25) is 0 Å². The Hall–Kier alpha value is -0.480. The SMILES string of the molecule is N=C(N)c1c(Br)cccc1SC1CCCCC1. The molecule has 0 bridgehead atoms. The van der Waals surface area contributed by atoms with Crippen molar-refractivity contribution in [3.63, 3.8) is 0 Å². The van der Waals surface area contributed by atoms with E-state index in [9.17, 15) is 0 Å². The summed E-state index contributed by atoms with van der Waals surface area (Å²) in [7, 11) is 0. The van der Waals surface area contributed by atoms with Gasteiger partial charge < -0.3 is 5.73 Å². The molecular weight excluding hydrogens is 296 g/mol. The zero-order valence-corrected chi connectivity index (χ0v) is 12.1. The number of halogens is 1. The molecule has 0 radical (unpaired) electrons. The highest BCUT2D eigenvalue weighted by Crippen LogP contribution is 2.37. The van der Waals surface area contributed by atoms with Gasteiger partial charge in [0, 0.05) is 20.2 Å². The lowest BCUT2D eigenvalue weighted by Crippen LogP contribution is -2.15. The van der Waals surface area contributed by atoms with E-state index in [1.165, 1.54) is 32.1 Å². The normalized spacial score (nSPS) is 17.0. The van der Waals surface area contributed by atoms with E-state index in [0.29, 0.717) is 5.25 Å². The van der Waals surface area contributed by atoms with Crippen LogP contribution in [-0.2, 0) is 0 Å². The molecule has 0 saturated heterocycles. The molecule has 2 nitrogen and oxygen atoms in total. The second-order valence-electron chi connectivity index (χ2n) is 4.40. The molecule has 0 amide bonds. The minimum atomic E-state index is 0.149. The van der Waals surface area contributed by atoms with Gasteiger partial charge in [-0.3, -0.25) is 5.41 Å². The summed E-state index contributed by atoms with van der Waals surface area (Å²) in [6.45, 7) is 0. The second-order valence-corrected chi connectivity index (χ2v) is 6.60. The molecule has 1 aliphatic rings. The second kappa shape index (κ2) is 5.91. The quantitative estimate of drug-likeness (QED) is 0.650. The molecule has 2 rings (SSSR count). The predicted octanol–water partition coefficient (Wildman–Crippen LogP) is 4.16. The van der Waals surface area contributed by atoms with Crippen LogP contribution in [0.4, 0.5) is 0 Å². The number of nitrogens with two attached hydrogens (primary N) is 1. The minimum Gasteiger partial charge on any atom is -0.384 e. The monoisotopic (exact) mass is 312 g/mol. The summed E-state index contributed by atoms with van der Waals surface area (Å²) in [5, 5.41) is 8.36. The van der Waals surface area contributed by atoms with E-state index in [1.54, 1.807) is 0 Å². The fourth-order valence-electron chi connectivity index (χ4n) is 2.23. The molecule has 0 spiro atoms. The van der Waals surface area contributed by atoms with E-state index >= 15 is 0 Å². The average Bonchev–Trinajstić information content (AvgIpc) is 2.30. The van der Waals surface area contributed by atoms with E-state index in [1.807, 2.05) is 23.9 Å². The van der Waals surface area contributed by atoms with E-state index in [-0.39, 0.29) is 5.84 Å². The molecule has 1 aromatic carbocycles. The Balaban J connectivity index is 2.19. The Morgan fingerprint density at radius 2 is 2.00 bits per heavy atom. The maximum absolute atomic E-state index is 7.67. The van der Waals surface area contributed by atoms with Crippen LogP contribution in [0.3, 0.4) is 0 Å². The van der Waals surface area contributed by atoms with Crippen molar-refractivity contribution < 1.29 is 0 Å². The molecule has 0 aliphatic heterocycles. The van der Waals surface area contributed by atoms with E-state index in [0.717, 1.165) is 14.9 Å². The van der Waals surface area contributed by atoms with Crippen molar-refractivity contribution in [2.45, 2.75) is 42.2 Å². The summed E-state index contributed by atoms with van der Waals surface area (Å²) >= 11 is 5.36. The fourth-order valence-corrected chi connectivity index (χ4v) is 4.36. The molecule has 0 heterocycles. The first-order valence-corrected chi connectivity index (χ1v) is 7.65. The van der Waals surface area contributed by atoms with Crippen molar-refractivity contribution in [2.24, 2.45) is 5.73 Å². The van der Waals surface area contributed by atoms with Crippen molar-refractivity contribution in [1.82, 2.24) is 0 Å². The fraction of sp³-hybridized carbons (Fsp3) is 0.462. The van der Waals surface area contributed by atoms with Gasteiger partial charge in [0.2, 0.25) is 0 Å². The maximum atomic E-state index is 7.67. The van der Waals surface area contributed by atoms with Gasteiger partial charge in [0.15, 0.2) is 0 Å². The number of nitrogens with one attached hydrogen (secondary N) is 1. The van der Waals surface area contributed by atoms with Gasteiger partial charge in [-0.2, -0.15) is 0 Å². The largest absolute Gasteiger partial charge is 0.384 e. The third-order valence-electron chi connectivity index (χ3n) is 3.09. The number of amidine groups is 1. The molecule has 0 aromatic heterocycles. The van der Waals surface area contributed by atoms with Gasteiger partial charge in [0.25, 0.3) is 0 Å². The number of nitrogen functional groups attached to an aromatic ring is 1. The van der Waals surface area contributed by atoms with Crippen LogP contribution in [0.25, 0.3) is 0 Å². The van der Waals surface area contributed by atoms with Crippen molar-refractivity contribution in [1.29, 1.82) is 5.41 Å². The number of rotatable bonds is 3. The third-order valence-corrected chi connectivity index (χ3v) is 5.15. The van der Waals surface area contributed by atoms with Gasteiger partial charge in [0.1, 0.15) is 5.84 Å².